The van der Waals surface area contributed by atoms with E-state index < -0.39 is 5.97 Å². The Morgan fingerprint density at radius 1 is 1.23 bits per heavy atom. The summed E-state index contributed by atoms with van der Waals surface area (Å²) < 4.78 is 11.2. The summed E-state index contributed by atoms with van der Waals surface area (Å²) in [5.41, 5.74) is 0.947. The molecule has 0 atom stereocenters. The Kier molecular flexibility index (Phi) is 3.93. The van der Waals surface area contributed by atoms with Gasteiger partial charge in [0, 0.05) is 0 Å². The van der Waals surface area contributed by atoms with Crippen molar-refractivity contribution in [1.29, 1.82) is 0 Å². The van der Waals surface area contributed by atoms with Crippen LogP contribution in [-0.4, -0.2) is 23.2 Å². The number of benzene rings is 2. The number of rotatable bonds is 4. The fraction of sp³-hybridized carbons (Fsp3) is 0.125. The monoisotopic (exact) mass is 315 g/mol. The van der Waals surface area contributed by atoms with Crippen molar-refractivity contribution in [1.82, 2.24) is 4.98 Å². The van der Waals surface area contributed by atoms with Crippen molar-refractivity contribution >= 4 is 27.5 Å². The number of hydrogen-bond donors (Lipinski definition) is 1. The summed E-state index contributed by atoms with van der Waals surface area (Å²) in [5.74, 6) is -0.607. The first-order valence-corrected chi connectivity index (χ1v) is 7.38. The maximum Gasteiger partial charge on any atom is 0.342 e. The lowest BCUT2D eigenvalue weighted by Gasteiger charge is -2.08. The lowest BCUT2D eigenvalue weighted by molar-refractivity contribution is 0.0468. The lowest BCUT2D eigenvalue weighted by atomic mass is 10.2. The second-order valence-electron chi connectivity index (χ2n) is 4.51. The van der Waals surface area contributed by atoms with Crippen LogP contribution in [0.3, 0.4) is 0 Å². The molecule has 0 saturated heterocycles. The average Bonchev–Trinajstić information content (AvgIpc) is 2.95. The van der Waals surface area contributed by atoms with E-state index in [1.807, 2.05) is 24.3 Å². The Bertz CT molecular complexity index is 795. The molecule has 0 fully saturated rings. The Morgan fingerprint density at radius 2 is 2.05 bits per heavy atom. The number of nitrogens with zero attached hydrogens (tertiary/aromatic N) is 1. The van der Waals surface area contributed by atoms with Crippen molar-refractivity contribution in [3.05, 3.63) is 53.0 Å². The molecule has 0 radical (unpaired) electrons. The number of carbonyl (C=O) groups is 1. The number of fused-ring (bicyclic) bond motifs is 1. The molecule has 22 heavy (non-hydrogen) atoms. The van der Waals surface area contributed by atoms with Gasteiger partial charge in [-0.15, -0.1) is 11.3 Å². The van der Waals surface area contributed by atoms with E-state index >= 15 is 0 Å². The van der Waals surface area contributed by atoms with E-state index in [1.165, 1.54) is 24.5 Å². The fourth-order valence-corrected chi connectivity index (χ4v) is 2.92. The number of aromatic nitrogens is 1. The number of carbonyl (C=O) groups excluding carboxylic acids is 1. The molecule has 0 spiro atoms. The van der Waals surface area contributed by atoms with E-state index in [4.69, 9.17) is 9.47 Å². The summed E-state index contributed by atoms with van der Waals surface area (Å²) in [6.07, 6.45) is 0. The predicted octanol–water partition coefficient (Wildman–Crippen LogP) is 3.37. The van der Waals surface area contributed by atoms with Gasteiger partial charge in [0.1, 0.15) is 17.2 Å². The Hall–Kier alpha value is -2.60. The fourth-order valence-electron chi connectivity index (χ4n) is 2.04. The zero-order chi connectivity index (χ0) is 15.5. The van der Waals surface area contributed by atoms with Gasteiger partial charge in [0.15, 0.2) is 11.5 Å². The van der Waals surface area contributed by atoms with Gasteiger partial charge in [-0.3, -0.25) is 0 Å². The highest BCUT2D eigenvalue weighted by Gasteiger charge is 2.16. The van der Waals surface area contributed by atoms with Gasteiger partial charge in [0.05, 0.1) is 17.3 Å². The van der Waals surface area contributed by atoms with Gasteiger partial charge < -0.3 is 14.6 Å². The van der Waals surface area contributed by atoms with E-state index in [-0.39, 0.29) is 23.7 Å². The third-order valence-electron chi connectivity index (χ3n) is 3.10. The molecule has 112 valence electrons. The lowest BCUT2D eigenvalue weighted by Crippen LogP contribution is -2.06. The van der Waals surface area contributed by atoms with Crippen LogP contribution < -0.4 is 4.74 Å². The molecule has 0 unspecified atom stereocenters. The summed E-state index contributed by atoms with van der Waals surface area (Å²) in [5, 5.41) is 10.6. The number of thiazole rings is 1. The molecule has 0 amide bonds. The smallest absolute Gasteiger partial charge is 0.342 e. The summed E-state index contributed by atoms with van der Waals surface area (Å²) >= 11 is 1.47. The second-order valence-corrected chi connectivity index (χ2v) is 5.62. The van der Waals surface area contributed by atoms with Crippen molar-refractivity contribution in [2.45, 2.75) is 6.61 Å². The Labute approximate surface area is 130 Å². The van der Waals surface area contributed by atoms with Gasteiger partial charge in [-0.2, -0.15) is 0 Å². The van der Waals surface area contributed by atoms with Crippen molar-refractivity contribution in [3.63, 3.8) is 0 Å². The van der Waals surface area contributed by atoms with Gasteiger partial charge >= 0.3 is 5.97 Å². The summed E-state index contributed by atoms with van der Waals surface area (Å²) in [6, 6.07) is 12.4. The third kappa shape index (κ3) is 2.73. The van der Waals surface area contributed by atoms with Gasteiger partial charge in [-0.05, 0) is 24.3 Å². The largest absolute Gasteiger partial charge is 0.504 e. The molecule has 1 heterocycles. The number of para-hydroxylation sites is 2. The topological polar surface area (TPSA) is 68.7 Å². The number of aromatic hydroxyl groups is 1. The van der Waals surface area contributed by atoms with Crippen LogP contribution in [0.4, 0.5) is 0 Å². The van der Waals surface area contributed by atoms with E-state index in [2.05, 4.69) is 4.98 Å². The van der Waals surface area contributed by atoms with Gasteiger partial charge in [0.2, 0.25) is 0 Å². The number of phenols is 1. The molecule has 0 bridgehead atoms. The average molecular weight is 315 g/mol. The van der Waals surface area contributed by atoms with E-state index in [1.54, 1.807) is 12.1 Å². The maximum absolute atomic E-state index is 12.1. The van der Waals surface area contributed by atoms with E-state index in [9.17, 15) is 9.90 Å². The zero-order valence-corrected chi connectivity index (χ0v) is 12.6. The highest BCUT2D eigenvalue weighted by molar-refractivity contribution is 7.18. The van der Waals surface area contributed by atoms with Crippen molar-refractivity contribution in [2.75, 3.05) is 7.11 Å². The molecule has 0 saturated carbocycles. The van der Waals surface area contributed by atoms with Crippen molar-refractivity contribution in [2.24, 2.45) is 0 Å². The molecule has 3 rings (SSSR count). The van der Waals surface area contributed by atoms with Crippen LogP contribution in [0.15, 0.2) is 42.5 Å². The van der Waals surface area contributed by atoms with Crippen LogP contribution in [0.2, 0.25) is 0 Å². The minimum atomic E-state index is -0.615. The summed E-state index contributed by atoms with van der Waals surface area (Å²) in [7, 11) is 1.42. The predicted molar refractivity (Wildman–Crippen MR) is 83.4 cm³/mol. The second kappa shape index (κ2) is 6.03. The van der Waals surface area contributed by atoms with Crippen LogP contribution in [0, 0.1) is 0 Å². The van der Waals surface area contributed by atoms with Gasteiger partial charge in [0.25, 0.3) is 0 Å². The number of methoxy groups -OCH3 is 1. The molecule has 0 aliphatic rings. The van der Waals surface area contributed by atoms with Crippen molar-refractivity contribution in [3.8, 4) is 11.5 Å². The molecule has 0 aliphatic heterocycles. The maximum atomic E-state index is 12.1. The van der Waals surface area contributed by atoms with Crippen molar-refractivity contribution < 1.29 is 19.4 Å². The third-order valence-corrected chi connectivity index (χ3v) is 4.11. The molecule has 2 aromatic carbocycles. The SMILES string of the molecule is COc1cccc(C(=O)OCc2nc3ccccc3s2)c1O. The minimum Gasteiger partial charge on any atom is -0.504 e. The highest BCUT2D eigenvalue weighted by Crippen LogP contribution is 2.30. The number of esters is 1. The molecule has 6 heteroatoms. The summed E-state index contributed by atoms with van der Waals surface area (Å²) in [6.45, 7) is 0.0643. The Balaban J connectivity index is 1.74. The van der Waals surface area contributed by atoms with Gasteiger partial charge in [-0.25, -0.2) is 9.78 Å². The zero-order valence-electron chi connectivity index (χ0n) is 11.8. The highest BCUT2D eigenvalue weighted by atomic mass is 32.1. The standard InChI is InChI=1S/C16H13NO4S/c1-20-12-7-4-5-10(15(12)18)16(19)21-9-14-17-11-6-2-3-8-13(11)22-14/h2-8,18H,9H2,1H3. The van der Waals surface area contributed by atoms with Crippen LogP contribution in [0.25, 0.3) is 10.2 Å². The van der Waals surface area contributed by atoms with Crippen LogP contribution in [0.1, 0.15) is 15.4 Å². The summed E-state index contributed by atoms with van der Waals surface area (Å²) in [4.78, 5) is 16.4. The molecule has 1 aromatic heterocycles. The van der Waals surface area contributed by atoms with Gasteiger partial charge in [-0.1, -0.05) is 18.2 Å². The first kappa shape index (κ1) is 14.3. The first-order valence-electron chi connectivity index (χ1n) is 6.56. The molecule has 0 aliphatic carbocycles. The number of phenolic OH excluding ortho intramolecular Hbond substituents is 1. The van der Waals surface area contributed by atoms with Crippen LogP contribution in [-0.2, 0) is 11.3 Å². The molecule has 1 N–H and O–H groups in total. The van der Waals surface area contributed by atoms with E-state index in [0.29, 0.717) is 5.01 Å². The molecule has 5 nitrogen and oxygen atoms in total. The number of ether oxygens (including phenoxy) is 2. The molecular weight excluding hydrogens is 302 g/mol. The molecule has 3 aromatic rings. The van der Waals surface area contributed by atoms with Crippen LogP contribution >= 0.6 is 11.3 Å². The van der Waals surface area contributed by atoms with E-state index in [0.717, 1.165) is 10.2 Å². The minimum absolute atomic E-state index is 0.0643. The quantitative estimate of drug-likeness (QED) is 0.748. The Morgan fingerprint density at radius 3 is 2.82 bits per heavy atom. The van der Waals surface area contributed by atoms with Crippen LogP contribution in [0.5, 0.6) is 11.5 Å². The normalized spacial score (nSPS) is 10.6. The molecular formula is C16H13NO4S. The first-order chi connectivity index (χ1) is 10.7. The number of hydrogen-bond acceptors (Lipinski definition) is 6.